The highest BCUT2D eigenvalue weighted by Gasteiger charge is 2.50. The zero-order valence-corrected chi connectivity index (χ0v) is 15.1. The number of hydrogen-bond donors (Lipinski definition) is 1. The quantitative estimate of drug-likeness (QED) is 0.867. The summed E-state index contributed by atoms with van der Waals surface area (Å²) < 4.78 is 11.0. The van der Waals surface area contributed by atoms with Gasteiger partial charge in [0.25, 0.3) is 0 Å². The van der Waals surface area contributed by atoms with Crippen LogP contribution < -0.4 is 5.32 Å². The van der Waals surface area contributed by atoms with E-state index in [0.717, 1.165) is 52.0 Å². The third-order valence-corrected chi connectivity index (χ3v) is 5.52. The molecule has 132 valence electrons. The van der Waals surface area contributed by atoms with Gasteiger partial charge in [-0.15, -0.1) is 0 Å². The minimum atomic E-state index is -0.421. The Kier molecular flexibility index (Phi) is 4.38. The van der Waals surface area contributed by atoms with Crippen molar-refractivity contribution in [3.63, 3.8) is 0 Å². The third kappa shape index (κ3) is 3.66. The van der Waals surface area contributed by atoms with Crippen molar-refractivity contribution in [1.29, 1.82) is 0 Å². The summed E-state index contributed by atoms with van der Waals surface area (Å²) in [5.74, 6) is 0. The van der Waals surface area contributed by atoms with Crippen LogP contribution in [0.2, 0.25) is 0 Å². The highest BCUT2D eigenvalue weighted by Crippen LogP contribution is 2.45. The van der Waals surface area contributed by atoms with E-state index in [1.807, 2.05) is 25.7 Å². The van der Waals surface area contributed by atoms with Crippen molar-refractivity contribution in [3.8, 4) is 0 Å². The summed E-state index contributed by atoms with van der Waals surface area (Å²) in [6.07, 6.45) is 5.39. The monoisotopic (exact) mass is 324 g/mol. The van der Waals surface area contributed by atoms with Crippen LogP contribution in [0.25, 0.3) is 0 Å². The number of piperidine rings is 1. The van der Waals surface area contributed by atoms with Crippen molar-refractivity contribution in [1.82, 2.24) is 10.2 Å². The van der Waals surface area contributed by atoms with E-state index < -0.39 is 5.60 Å². The summed E-state index contributed by atoms with van der Waals surface area (Å²) >= 11 is 0. The first-order valence-electron chi connectivity index (χ1n) is 9.03. The van der Waals surface area contributed by atoms with E-state index in [9.17, 15) is 4.79 Å². The number of hydrogen-bond acceptors (Lipinski definition) is 4. The minimum absolute atomic E-state index is 0.0370. The molecule has 0 aromatic rings. The molecule has 2 heterocycles. The largest absolute Gasteiger partial charge is 0.444 e. The predicted molar refractivity (Wildman–Crippen MR) is 89.5 cm³/mol. The second kappa shape index (κ2) is 5.92. The first kappa shape index (κ1) is 17.0. The Balaban J connectivity index is 1.57. The van der Waals surface area contributed by atoms with Crippen LogP contribution in [0.15, 0.2) is 0 Å². The summed E-state index contributed by atoms with van der Waals surface area (Å²) in [5.41, 5.74) is -0.0831. The average molecular weight is 324 g/mol. The fourth-order valence-corrected chi connectivity index (χ4v) is 3.97. The van der Waals surface area contributed by atoms with Crippen molar-refractivity contribution in [2.24, 2.45) is 5.41 Å². The van der Waals surface area contributed by atoms with Crippen LogP contribution in [0.1, 0.15) is 59.8 Å². The summed E-state index contributed by atoms with van der Waals surface area (Å²) in [6.45, 7) is 11.6. The summed E-state index contributed by atoms with van der Waals surface area (Å²) in [4.78, 5) is 14.6. The van der Waals surface area contributed by atoms with Gasteiger partial charge in [-0.25, -0.2) is 4.79 Å². The number of ether oxygens (including phenoxy) is 2. The van der Waals surface area contributed by atoms with Gasteiger partial charge in [-0.05, 0) is 52.9 Å². The molecule has 1 amide bonds. The molecule has 0 radical (unpaired) electrons. The van der Waals surface area contributed by atoms with Crippen LogP contribution in [-0.4, -0.2) is 54.5 Å². The molecule has 1 aliphatic carbocycles. The molecule has 1 N–H and O–H groups in total. The Morgan fingerprint density at radius 3 is 2.52 bits per heavy atom. The van der Waals surface area contributed by atoms with Crippen molar-refractivity contribution in [2.45, 2.75) is 77.0 Å². The molecule has 3 aliphatic rings. The molecule has 23 heavy (non-hydrogen) atoms. The predicted octanol–water partition coefficient (Wildman–Crippen LogP) is 2.93. The molecular weight excluding hydrogens is 292 g/mol. The van der Waals surface area contributed by atoms with Crippen LogP contribution >= 0.6 is 0 Å². The number of amides is 1. The highest BCUT2D eigenvalue weighted by molar-refractivity contribution is 5.69. The molecule has 2 aliphatic heterocycles. The highest BCUT2D eigenvalue weighted by atomic mass is 16.6. The lowest BCUT2D eigenvalue weighted by molar-refractivity contribution is -0.103. The molecule has 3 fully saturated rings. The molecule has 1 spiro atoms. The number of likely N-dealkylation sites (tertiary alicyclic amines) is 1. The smallest absolute Gasteiger partial charge is 0.410 e. The summed E-state index contributed by atoms with van der Waals surface area (Å²) in [5, 5.41) is 3.74. The maximum atomic E-state index is 12.6. The minimum Gasteiger partial charge on any atom is -0.444 e. The van der Waals surface area contributed by atoms with Crippen LogP contribution in [-0.2, 0) is 9.47 Å². The maximum Gasteiger partial charge on any atom is 0.410 e. The first-order chi connectivity index (χ1) is 10.7. The van der Waals surface area contributed by atoms with Crippen molar-refractivity contribution >= 4 is 6.09 Å². The molecule has 5 heteroatoms. The fourth-order valence-electron chi connectivity index (χ4n) is 3.97. The number of carbonyl (C=O) groups excluding carboxylic acids is 1. The van der Waals surface area contributed by atoms with Crippen LogP contribution in [0, 0.1) is 5.41 Å². The molecule has 1 saturated carbocycles. The Morgan fingerprint density at radius 2 is 2.04 bits per heavy atom. The van der Waals surface area contributed by atoms with Crippen LogP contribution in [0.5, 0.6) is 0 Å². The fraction of sp³-hybridized carbons (Fsp3) is 0.944. The first-order valence-corrected chi connectivity index (χ1v) is 9.03. The number of carbonyl (C=O) groups is 1. The van der Waals surface area contributed by atoms with Gasteiger partial charge in [-0.2, -0.15) is 0 Å². The Morgan fingerprint density at radius 1 is 1.35 bits per heavy atom. The summed E-state index contributed by atoms with van der Waals surface area (Å²) in [6, 6.07) is 0.506. The van der Waals surface area contributed by atoms with Crippen molar-refractivity contribution in [3.05, 3.63) is 0 Å². The normalized spacial score (nSPS) is 28.9. The lowest BCUT2D eigenvalue weighted by Gasteiger charge is -2.55. The molecule has 0 aromatic carbocycles. The Bertz CT molecular complexity index is 450. The van der Waals surface area contributed by atoms with Gasteiger partial charge >= 0.3 is 6.09 Å². The second-order valence-electron chi connectivity index (χ2n) is 9.08. The van der Waals surface area contributed by atoms with Gasteiger partial charge in [0, 0.05) is 30.1 Å². The van der Waals surface area contributed by atoms with E-state index in [2.05, 4.69) is 12.2 Å². The topological polar surface area (TPSA) is 50.8 Å². The van der Waals surface area contributed by atoms with E-state index in [1.165, 1.54) is 6.42 Å². The third-order valence-electron chi connectivity index (χ3n) is 5.52. The Hall–Kier alpha value is -0.810. The molecule has 1 unspecified atom stereocenters. The SMILES string of the molecule is CC1(CNC2CCN(C(=O)OC(C)(C)C)C3(CCC3)C2)COC1. The van der Waals surface area contributed by atoms with Gasteiger partial charge in [0.05, 0.1) is 13.2 Å². The molecule has 1 atom stereocenters. The van der Waals surface area contributed by atoms with Gasteiger partial charge in [0.2, 0.25) is 0 Å². The molecular formula is C18H32N2O3. The average Bonchev–Trinajstić information content (AvgIpc) is 2.39. The van der Waals surface area contributed by atoms with E-state index in [4.69, 9.17) is 9.47 Å². The van der Waals surface area contributed by atoms with Gasteiger partial charge < -0.3 is 19.7 Å². The van der Waals surface area contributed by atoms with E-state index in [-0.39, 0.29) is 11.6 Å². The van der Waals surface area contributed by atoms with E-state index in [1.54, 1.807) is 0 Å². The van der Waals surface area contributed by atoms with Crippen molar-refractivity contribution in [2.75, 3.05) is 26.3 Å². The van der Waals surface area contributed by atoms with E-state index in [0.29, 0.717) is 11.5 Å². The zero-order valence-electron chi connectivity index (χ0n) is 15.1. The number of nitrogens with zero attached hydrogens (tertiary/aromatic N) is 1. The molecule has 3 rings (SSSR count). The molecule has 2 saturated heterocycles. The maximum absolute atomic E-state index is 12.6. The van der Waals surface area contributed by atoms with Crippen molar-refractivity contribution < 1.29 is 14.3 Å². The van der Waals surface area contributed by atoms with Gasteiger partial charge in [0.1, 0.15) is 5.60 Å². The Labute approximate surface area is 140 Å². The molecule has 5 nitrogen and oxygen atoms in total. The van der Waals surface area contributed by atoms with Gasteiger partial charge in [-0.3, -0.25) is 0 Å². The summed E-state index contributed by atoms with van der Waals surface area (Å²) in [7, 11) is 0. The standard InChI is InChI=1S/C18H32N2O3/c1-16(2,3)23-15(21)20-9-6-14(10-18(20)7-5-8-18)19-11-17(4)12-22-13-17/h14,19H,5-13H2,1-4H3. The second-order valence-corrected chi connectivity index (χ2v) is 9.08. The zero-order chi connectivity index (χ0) is 16.7. The number of nitrogens with one attached hydrogen (secondary N) is 1. The van der Waals surface area contributed by atoms with Gasteiger partial charge in [-0.1, -0.05) is 6.92 Å². The molecule has 0 bridgehead atoms. The lowest BCUT2D eigenvalue weighted by Crippen LogP contribution is -2.64. The van der Waals surface area contributed by atoms with Gasteiger partial charge in [0.15, 0.2) is 0 Å². The molecule has 0 aromatic heterocycles. The number of rotatable bonds is 3. The van der Waals surface area contributed by atoms with Crippen LogP contribution in [0.4, 0.5) is 4.79 Å². The van der Waals surface area contributed by atoms with E-state index >= 15 is 0 Å². The van der Waals surface area contributed by atoms with Crippen LogP contribution in [0.3, 0.4) is 0 Å². The lowest BCUT2D eigenvalue weighted by atomic mass is 9.69.